The normalized spacial score (nSPS) is 16.2. The van der Waals surface area contributed by atoms with Crippen LogP contribution in [0.1, 0.15) is 24.3 Å². The van der Waals surface area contributed by atoms with Gasteiger partial charge in [0.1, 0.15) is 17.6 Å². The Labute approximate surface area is 167 Å². The predicted octanol–water partition coefficient (Wildman–Crippen LogP) is 3.49. The topological polar surface area (TPSA) is 105 Å². The average molecular weight is 392 g/mol. The van der Waals surface area contributed by atoms with Crippen molar-refractivity contribution in [2.24, 2.45) is 0 Å². The first-order chi connectivity index (χ1) is 14.0. The van der Waals surface area contributed by atoms with Gasteiger partial charge < -0.3 is 25.2 Å². The van der Waals surface area contributed by atoms with Crippen LogP contribution in [0, 0.1) is 6.92 Å². The summed E-state index contributed by atoms with van der Waals surface area (Å²) < 4.78 is 10.6. The summed E-state index contributed by atoms with van der Waals surface area (Å²) >= 11 is 0. The van der Waals surface area contributed by atoms with Gasteiger partial charge in [0, 0.05) is 11.8 Å². The van der Waals surface area contributed by atoms with E-state index in [0.29, 0.717) is 28.7 Å². The summed E-state index contributed by atoms with van der Waals surface area (Å²) in [6, 6.07) is 15.6. The number of hydrogen-bond donors (Lipinski definition) is 3. The average Bonchev–Trinajstić information content (AvgIpc) is 3.12. The zero-order chi connectivity index (χ0) is 20.4. The molecule has 1 aliphatic rings. The number of aryl methyl sites for hydroxylation is 1. The van der Waals surface area contributed by atoms with Crippen molar-refractivity contribution in [3.05, 3.63) is 65.9 Å². The SMILES string of the molecule is Cc1cc(NC(=O)[C@H](Nc2ccc3c(c2)NC(=O)[C@H](C)O3)c2ccccc2)no1. The van der Waals surface area contributed by atoms with Gasteiger partial charge in [-0.2, -0.15) is 0 Å². The molecule has 0 bridgehead atoms. The lowest BCUT2D eigenvalue weighted by atomic mass is 10.1. The van der Waals surface area contributed by atoms with E-state index in [2.05, 4.69) is 21.1 Å². The number of benzene rings is 2. The molecule has 0 aliphatic carbocycles. The molecule has 0 unspecified atom stereocenters. The number of ether oxygens (including phenoxy) is 1. The maximum atomic E-state index is 13.0. The number of carbonyl (C=O) groups excluding carboxylic acids is 2. The Bertz CT molecular complexity index is 1050. The number of nitrogens with one attached hydrogen (secondary N) is 3. The Morgan fingerprint density at radius 3 is 2.69 bits per heavy atom. The minimum absolute atomic E-state index is 0.214. The summed E-state index contributed by atoms with van der Waals surface area (Å²) in [4.78, 5) is 24.8. The van der Waals surface area contributed by atoms with Gasteiger partial charge >= 0.3 is 0 Å². The van der Waals surface area contributed by atoms with E-state index in [1.54, 1.807) is 38.1 Å². The van der Waals surface area contributed by atoms with Gasteiger partial charge in [-0.3, -0.25) is 9.59 Å². The molecule has 8 heteroatoms. The van der Waals surface area contributed by atoms with E-state index in [-0.39, 0.29) is 11.8 Å². The van der Waals surface area contributed by atoms with Gasteiger partial charge in [0.2, 0.25) is 0 Å². The van der Waals surface area contributed by atoms with E-state index in [1.165, 1.54) is 0 Å². The van der Waals surface area contributed by atoms with Crippen LogP contribution >= 0.6 is 0 Å². The zero-order valence-electron chi connectivity index (χ0n) is 15.9. The number of rotatable bonds is 5. The van der Waals surface area contributed by atoms with Gasteiger partial charge in [-0.15, -0.1) is 0 Å². The van der Waals surface area contributed by atoms with Crippen molar-refractivity contribution in [1.82, 2.24) is 5.16 Å². The van der Waals surface area contributed by atoms with Crippen LogP contribution in [0.4, 0.5) is 17.2 Å². The Morgan fingerprint density at radius 1 is 1.17 bits per heavy atom. The molecule has 148 valence electrons. The molecule has 0 fully saturated rings. The molecule has 3 aromatic rings. The largest absolute Gasteiger partial charge is 0.479 e. The van der Waals surface area contributed by atoms with Crippen molar-refractivity contribution in [1.29, 1.82) is 0 Å². The fraction of sp³-hybridized carbons (Fsp3) is 0.190. The molecule has 2 atom stereocenters. The number of anilines is 3. The summed E-state index contributed by atoms with van der Waals surface area (Å²) in [5.41, 5.74) is 1.98. The molecule has 2 amide bonds. The number of nitrogens with zero attached hydrogens (tertiary/aromatic N) is 1. The lowest BCUT2D eigenvalue weighted by Gasteiger charge is -2.25. The predicted molar refractivity (Wildman–Crippen MR) is 108 cm³/mol. The molecule has 4 rings (SSSR count). The third kappa shape index (κ3) is 4.06. The van der Waals surface area contributed by atoms with Crippen LogP contribution in [0.5, 0.6) is 5.75 Å². The summed E-state index contributed by atoms with van der Waals surface area (Å²) in [5.74, 6) is 1.02. The van der Waals surface area contributed by atoms with Crippen LogP contribution in [-0.4, -0.2) is 23.1 Å². The molecular formula is C21H20N4O4. The van der Waals surface area contributed by atoms with Crippen LogP contribution in [0.3, 0.4) is 0 Å². The Hall–Kier alpha value is -3.81. The summed E-state index contributed by atoms with van der Waals surface area (Å²) in [6.07, 6.45) is -0.546. The highest BCUT2D eigenvalue weighted by atomic mass is 16.5. The van der Waals surface area contributed by atoms with Gasteiger partial charge in [0.05, 0.1) is 5.69 Å². The first-order valence-electron chi connectivity index (χ1n) is 9.17. The van der Waals surface area contributed by atoms with E-state index < -0.39 is 12.1 Å². The highest BCUT2D eigenvalue weighted by Crippen LogP contribution is 2.33. The molecule has 1 aliphatic heterocycles. The van der Waals surface area contributed by atoms with Crippen LogP contribution in [-0.2, 0) is 9.59 Å². The molecule has 3 N–H and O–H groups in total. The number of carbonyl (C=O) groups is 2. The number of fused-ring (bicyclic) bond motifs is 1. The molecule has 8 nitrogen and oxygen atoms in total. The minimum Gasteiger partial charge on any atom is -0.479 e. The fourth-order valence-electron chi connectivity index (χ4n) is 3.03. The van der Waals surface area contributed by atoms with Gasteiger partial charge in [0.15, 0.2) is 11.9 Å². The van der Waals surface area contributed by atoms with Gasteiger partial charge in [-0.25, -0.2) is 0 Å². The van der Waals surface area contributed by atoms with Crippen molar-refractivity contribution in [3.63, 3.8) is 0 Å². The van der Waals surface area contributed by atoms with E-state index >= 15 is 0 Å². The van der Waals surface area contributed by atoms with E-state index in [1.807, 2.05) is 30.3 Å². The van der Waals surface area contributed by atoms with Crippen LogP contribution in [0.2, 0.25) is 0 Å². The third-order valence-corrected chi connectivity index (χ3v) is 4.50. The molecule has 0 spiro atoms. The first kappa shape index (κ1) is 18.5. The second-order valence-electron chi connectivity index (χ2n) is 6.76. The second kappa shape index (κ2) is 7.67. The van der Waals surface area contributed by atoms with Crippen molar-refractivity contribution in [3.8, 4) is 5.75 Å². The Balaban J connectivity index is 1.60. The zero-order valence-corrected chi connectivity index (χ0v) is 15.9. The molecule has 29 heavy (non-hydrogen) atoms. The van der Waals surface area contributed by atoms with E-state index in [0.717, 1.165) is 5.56 Å². The van der Waals surface area contributed by atoms with Crippen LogP contribution in [0.25, 0.3) is 0 Å². The van der Waals surface area contributed by atoms with Crippen LogP contribution in [0.15, 0.2) is 59.1 Å². The molecule has 1 aromatic heterocycles. The monoisotopic (exact) mass is 392 g/mol. The lowest BCUT2D eigenvalue weighted by Crippen LogP contribution is -2.34. The molecule has 0 radical (unpaired) electrons. The highest BCUT2D eigenvalue weighted by Gasteiger charge is 2.25. The molecule has 2 aromatic carbocycles. The maximum Gasteiger partial charge on any atom is 0.265 e. The van der Waals surface area contributed by atoms with Gasteiger partial charge in [0.25, 0.3) is 11.8 Å². The Kier molecular flexibility index (Phi) is 4.90. The molecule has 0 saturated heterocycles. The summed E-state index contributed by atoms with van der Waals surface area (Å²) in [7, 11) is 0. The summed E-state index contributed by atoms with van der Waals surface area (Å²) in [6.45, 7) is 3.44. The van der Waals surface area contributed by atoms with Gasteiger partial charge in [-0.1, -0.05) is 35.5 Å². The molecule has 0 saturated carbocycles. The Morgan fingerprint density at radius 2 is 1.97 bits per heavy atom. The highest BCUT2D eigenvalue weighted by molar-refractivity contribution is 5.99. The second-order valence-corrected chi connectivity index (χ2v) is 6.76. The lowest BCUT2D eigenvalue weighted by molar-refractivity contribution is -0.122. The van der Waals surface area contributed by atoms with E-state index in [4.69, 9.17) is 9.26 Å². The van der Waals surface area contributed by atoms with Crippen molar-refractivity contribution in [2.45, 2.75) is 26.0 Å². The van der Waals surface area contributed by atoms with Crippen molar-refractivity contribution >= 4 is 29.0 Å². The van der Waals surface area contributed by atoms with Crippen molar-refractivity contribution < 1.29 is 18.8 Å². The maximum absolute atomic E-state index is 13.0. The quantitative estimate of drug-likeness (QED) is 0.614. The number of amides is 2. The summed E-state index contributed by atoms with van der Waals surface area (Å²) in [5, 5.41) is 12.6. The molecule has 2 heterocycles. The first-order valence-corrected chi connectivity index (χ1v) is 9.17. The fourth-order valence-corrected chi connectivity index (χ4v) is 3.03. The third-order valence-electron chi connectivity index (χ3n) is 4.50. The smallest absolute Gasteiger partial charge is 0.265 e. The molecular weight excluding hydrogens is 372 g/mol. The van der Waals surface area contributed by atoms with Gasteiger partial charge in [-0.05, 0) is 37.6 Å². The number of hydrogen-bond acceptors (Lipinski definition) is 6. The van der Waals surface area contributed by atoms with E-state index in [9.17, 15) is 9.59 Å². The number of aromatic nitrogens is 1. The van der Waals surface area contributed by atoms with Crippen molar-refractivity contribution in [2.75, 3.05) is 16.0 Å². The van der Waals surface area contributed by atoms with Crippen LogP contribution < -0.4 is 20.7 Å². The standard InChI is InChI=1S/C21H20N4O4/c1-12-10-18(25-29-12)24-21(27)19(14-6-4-3-5-7-14)22-15-8-9-17-16(11-15)23-20(26)13(2)28-17/h3-11,13,19,22H,1-2H3,(H,23,26)(H,24,25,27)/t13-,19+/m0/s1. The minimum atomic E-state index is -0.689.